The van der Waals surface area contributed by atoms with E-state index in [2.05, 4.69) is 16.4 Å². The lowest BCUT2D eigenvalue weighted by atomic mass is 10.2. The van der Waals surface area contributed by atoms with E-state index in [1.54, 1.807) is 47.3 Å². The maximum absolute atomic E-state index is 9.82. The second-order valence-electron chi connectivity index (χ2n) is 4.17. The molecule has 1 aromatic heterocycles. The third kappa shape index (κ3) is 4.31. The minimum Gasteiger partial charge on any atom is -0.489 e. The zero-order chi connectivity index (χ0) is 14.2. The van der Waals surface area contributed by atoms with E-state index in [9.17, 15) is 5.11 Å². The Morgan fingerprint density at radius 3 is 3.05 bits per heavy atom. The van der Waals surface area contributed by atoms with Gasteiger partial charge in [0.05, 0.1) is 11.1 Å². The molecule has 0 aliphatic rings. The zero-order valence-electron chi connectivity index (χ0n) is 10.8. The Labute approximate surface area is 121 Å². The van der Waals surface area contributed by atoms with Crippen LogP contribution in [0.15, 0.2) is 36.0 Å². The van der Waals surface area contributed by atoms with Gasteiger partial charge < -0.3 is 15.2 Å². The average molecular weight is 289 g/mol. The minimum absolute atomic E-state index is 0.147. The van der Waals surface area contributed by atoms with Crippen molar-refractivity contribution in [1.29, 1.82) is 5.26 Å². The summed E-state index contributed by atoms with van der Waals surface area (Å²) >= 11 is 1.57. The number of aliphatic hydroxyl groups excluding tert-OH is 1. The number of aliphatic hydroxyl groups is 1. The van der Waals surface area contributed by atoms with Crippen LogP contribution >= 0.6 is 11.3 Å². The normalized spacial score (nSPS) is 11.8. The highest BCUT2D eigenvalue weighted by atomic mass is 32.1. The van der Waals surface area contributed by atoms with Crippen LogP contribution in [0.3, 0.4) is 0 Å². The molecule has 2 rings (SSSR count). The van der Waals surface area contributed by atoms with Crippen molar-refractivity contribution in [2.75, 3.05) is 13.2 Å². The summed E-state index contributed by atoms with van der Waals surface area (Å²) < 4.78 is 5.46. The summed E-state index contributed by atoms with van der Waals surface area (Å²) in [6.07, 6.45) is 1.17. The van der Waals surface area contributed by atoms with Crippen LogP contribution in [0.25, 0.3) is 0 Å². The molecular weight excluding hydrogens is 274 g/mol. The lowest BCUT2D eigenvalue weighted by Gasteiger charge is -2.13. The first kappa shape index (κ1) is 14.5. The maximum Gasteiger partial charge on any atom is 0.137 e. The maximum atomic E-state index is 9.82. The third-order valence-corrected chi connectivity index (χ3v) is 3.38. The van der Waals surface area contributed by atoms with Gasteiger partial charge in [-0.05, 0) is 12.1 Å². The molecule has 2 aromatic rings. The number of benzene rings is 1. The van der Waals surface area contributed by atoms with E-state index in [1.165, 1.54) is 0 Å². The van der Waals surface area contributed by atoms with Crippen LogP contribution in [-0.2, 0) is 6.54 Å². The first-order valence-corrected chi connectivity index (χ1v) is 7.05. The predicted molar refractivity (Wildman–Crippen MR) is 76.5 cm³/mol. The molecular formula is C14H15N3O2S. The number of rotatable bonds is 7. The van der Waals surface area contributed by atoms with Crippen LogP contribution in [0, 0.1) is 11.3 Å². The summed E-state index contributed by atoms with van der Waals surface area (Å²) in [7, 11) is 0. The second-order valence-corrected chi connectivity index (χ2v) is 5.14. The van der Waals surface area contributed by atoms with Gasteiger partial charge >= 0.3 is 0 Å². The van der Waals surface area contributed by atoms with E-state index in [0.29, 0.717) is 24.4 Å². The van der Waals surface area contributed by atoms with E-state index in [-0.39, 0.29) is 6.61 Å². The van der Waals surface area contributed by atoms with Crippen molar-refractivity contribution in [2.45, 2.75) is 12.6 Å². The van der Waals surface area contributed by atoms with Crippen molar-refractivity contribution in [3.05, 3.63) is 46.4 Å². The molecule has 1 heterocycles. The van der Waals surface area contributed by atoms with E-state index in [0.717, 1.165) is 4.88 Å². The van der Waals surface area contributed by atoms with Gasteiger partial charge in [0.15, 0.2) is 0 Å². The Bertz CT molecular complexity index is 566. The van der Waals surface area contributed by atoms with E-state index >= 15 is 0 Å². The molecule has 0 spiro atoms. The first-order valence-electron chi connectivity index (χ1n) is 6.17. The number of nitrogens with one attached hydrogen (secondary N) is 1. The van der Waals surface area contributed by atoms with E-state index in [4.69, 9.17) is 10.00 Å². The second kappa shape index (κ2) is 7.60. The minimum atomic E-state index is -0.630. The third-order valence-electron chi connectivity index (χ3n) is 2.60. The zero-order valence-corrected chi connectivity index (χ0v) is 11.6. The molecule has 0 aliphatic carbocycles. The van der Waals surface area contributed by atoms with Gasteiger partial charge in [-0.1, -0.05) is 12.1 Å². The highest BCUT2D eigenvalue weighted by molar-refractivity contribution is 7.09. The van der Waals surface area contributed by atoms with Gasteiger partial charge in [-0.25, -0.2) is 0 Å². The van der Waals surface area contributed by atoms with Crippen molar-refractivity contribution in [2.24, 2.45) is 0 Å². The fourth-order valence-corrected chi connectivity index (χ4v) is 2.19. The van der Waals surface area contributed by atoms with Crippen molar-refractivity contribution >= 4 is 11.3 Å². The van der Waals surface area contributed by atoms with Gasteiger partial charge in [0, 0.05) is 24.2 Å². The number of ether oxygens (including phenoxy) is 1. The van der Waals surface area contributed by atoms with Crippen LogP contribution in [0.1, 0.15) is 10.4 Å². The molecule has 5 nitrogen and oxygen atoms in total. The molecule has 0 fully saturated rings. The Morgan fingerprint density at radius 1 is 1.45 bits per heavy atom. The topological polar surface area (TPSA) is 78.2 Å². The van der Waals surface area contributed by atoms with E-state index < -0.39 is 6.10 Å². The molecule has 2 N–H and O–H groups in total. The highest BCUT2D eigenvalue weighted by Crippen LogP contribution is 2.16. The van der Waals surface area contributed by atoms with Gasteiger partial charge in [0.1, 0.15) is 24.5 Å². The fraction of sp³-hybridized carbons (Fsp3) is 0.286. The lowest BCUT2D eigenvalue weighted by molar-refractivity contribution is 0.106. The monoisotopic (exact) mass is 289 g/mol. The largest absolute Gasteiger partial charge is 0.489 e. The molecule has 1 aromatic carbocycles. The summed E-state index contributed by atoms with van der Waals surface area (Å²) in [5.41, 5.74) is 2.24. The summed E-state index contributed by atoms with van der Waals surface area (Å²) in [6, 6.07) is 9.03. The number of para-hydroxylation sites is 1. The average Bonchev–Trinajstić information content (AvgIpc) is 2.98. The molecule has 0 amide bonds. The van der Waals surface area contributed by atoms with Crippen molar-refractivity contribution in [3.63, 3.8) is 0 Å². The number of hydrogen-bond donors (Lipinski definition) is 2. The van der Waals surface area contributed by atoms with E-state index in [1.807, 2.05) is 0 Å². The Morgan fingerprint density at radius 2 is 2.30 bits per heavy atom. The fourth-order valence-electron chi connectivity index (χ4n) is 1.62. The van der Waals surface area contributed by atoms with Crippen LogP contribution in [0.4, 0.5) is 0 Å². The first-order chi connectivity index (χ1) is 9.79. The summed E-state index contributed by atoms with van der Waals surface area (Å²) in [4.78, 5) is 5.09. The predicted octanol–water partition coefficient (Wildman–Crippen LogP) is 1.54. The van der Waals surface area contributed by atoms with Crippen LogP contribution in [0.2, 0.25) is 0 Å². The van der Waals surface area contributed by atoms with Gasteiger partial charge in [-0.2, -0.15) is 5.26 Å². The van der Waals surface area contributed by atoms with Crippen molar-refractivity contribution in [3.8, 4) is 11.8 Å². The molecule has 0 saturated heterocycles. The van der Waals surface area contributed by atoms with Crippen molar-refractivity contribution < 1.29 is 9.84 Å². The van der Waals surface area contributed by atoms with Crippen LogP contribution in [0.5, 0.6) is 5.75 Å². The number of nitriles is 1. The Hall–Kier alpha value is -1.94. The lowest BCUT2D eigenvalue weighted by Crippen LogP contribution is -2.31. The Balaban J connectivity index is 1.72. The molecule has 0 radical (unpaired) electrons. The number of aromatic nitrogens is 1. The SMILES string of the molecule is N#Cc1ccccc1OCC(O)CNCc1cncs1. The molecule has 0 saturated carbocycles. The quantitative estimate of drug-likeness (QED) is 0.808. The standard InChI is InChI=1S/C14H15N3O2S/c15-5-11-3-1-2-4-14(11)19-9-12(18)6-16-7-13-8-17-10-20-13/h1-4,8,10,12,16,18H,6-7,9H2. The molecule has 6 heteroatoms. The Kier molecular flexibility index (Phi) is 5.50. The summed E-state index contributed by atoms with van der Waals surface area (Å²) in [6.45, 7) is 1.25. The molecule has 104 valence electrons. The molecule has 0 bridgehead atoms. The highest BCUT2D eigenvalue weighted by Gasteiger charge is 2.07. The molecule has 1 unspecified atom stereocenters. The van der Waals surface area contributed by atoms with Gasteiger partial charge in [0.2, 0.25) is 0 Å². The van der Waals surface area contributed by atoms with Gasteiger partial charge in [0.25, 0.3) is 0 Å². The summed E-state index contributed by atoms with van der Waals surface area (Å²) in [5, 5.41) is 21.9. The smallest absolute Gasteiger partial charge is 0.137 e. The van der Waals surface area contributed by atoms with Crippen LogP contribution in [-0.4, -0.2) is 29.3 Å². The van der Waals surface area contributed by atoms with Gasteiger partial charge in [-0.3, -0.25) is 4.98 Å². The van der Waals surface area contributed by atoms with Gasteiger partial charge in [-0.15, -0.1) is 11.3 Å². The number of nitrogens with zero attached hydrogens (tertiary/aromatic N) is 2. The summed E-state index contributed by atoms with van der Waals surface area (Å²) in [5.74, 6) is 0.497. The molecule has 0 aliphatic heterocycles. The molecule has 20 heavy (non-hydrogen) atoms. The van der Waals surface area contributed by atoms with Crippen molar-refractivity contribution in [1.82, 2.24) is 10.3 Å². The number of thiazole rings is 1. The molecule has 1 atom stereocenters. The van der Waals surface area contributed by atoms with Crippen LogP contribution < -0.4 is 10.1 Å². The number of hydrogen-bond acceptors (Lipinski definition) is 6.